The van der Waals surface area contributed by atoms with Crippen molar-refractivity contribution in [2.24, 2.45) is 0 Å². The first kappa shape index (κ1) is 74.8. The van der Waals surface area contributed by atoms with Crippen LogP contribution >= 0.6 is 0 Å². The number of aliphatic hydroxyl groups excluding tert-OH is 7. The van der Waals surface area contributed by atoms with Crippen LogP contribution in [0.4, 0.5) is 0 Å². The van der Waals surface area contributed by atoms with E-state index in [4.69, 9.17) is 28.4 Å². The maximum Gasteiger partial charge on any atom is 0.306 e. The lowest BCUT2D eigenvalue weighted by molar-refractivity contribution is -0.332. The molecule has 472 valence electrons. The first-order chi connectivity index (χ1) is 39.6. The normalized spacial score (nSPS) is 24.1. The summed E-state index contributed by atoms with van der Waals surface area (Å²) in [5, 5.41) is 72.5. The fourth-order valence-electron chi connectivity index (χ4n) is 10.3. The van der Waals surface area contributed by atoms with Gasteiger partial charge < -0.3 is 64.2 Å². The molecule has 14 heteroatoms. The molecule has 0 amide bonds. The number of ether oxygens (including phenoxy) is 6. The Labute approximate surface area is 492 Å². The fraction of sp³-hybridized carbons (Fsp3) is 0.836. The van der Waals surface area contributed by atoms with Crippen LogP contribution in [0.1, 0.15) is 258 Å². The van der Waals surface area contributed by atoms with Gasteiger partial charge in [0.15, 0.2) is 12.6 Å². The predicted molar refractivity (Wildman–Crippen MR) is 326 cm³/mol. The van der Waals surface area contributed by atoms with Crippen LogP contribution in [0, 0.1) is 0 Å². The van der Waals surface area contributed by atoms with Crippen LogP contribution in [0.25, 0.3) is 0 Å². The molecule has 2 saturated heterocycles. The number of unbranched alkanes of at least 4 members (excludes halogenated alkanes) is 30. The van der Waals surface area contributed by atoms with Crippen LogP contribution in [0.15, 0.2) is 60.8 Å². The van der Waals surface area contributed by atoms with Gasteiger partial charge in [0, 0.05) is 13.0 Å². The van der Waals surface area contributed by atoms with Crippen LogP contribution in [-0.4, -0.2) is 142 Å². The van der Waals surface area contributed by atoms with E-state index in [-0.39, 0.29) is 25.6 Å². The second-order valence-corrected chi connectivity index (χ2v) is 22.9. The predicted octanol–water partition coefficient (Wildman–Crippen LogP) is 13.2. The van der Waals surface area contributed by atoms with Gasteiger partial charge in [-0.3, -0.25) is 4.79 Å². The Bertz CT molecular complexity index is 1570. The van der Waals surface area contributed by atoms with Crippen molar-refractivity contribution < 1.29 is 69.0 Å². The smallest absolute Gasteiger partial charge is 0.306 e. The van der Waals surface area contributed by atoms with Gasteiger partial charge in [0.05, 0.1) is 26.4 Å². The maximum absolute atomic E-state index is 13.1. The summed E-state index contributed by atoms with van der Waals surface area (Å²) in [7, 11) is 0. The molecule has 0 aliphatic carbocycles. The minimum atomic E-state index is -1.71. The lowest BCUT2D eigenvalue weighted by atomic mass is 9.98. The number of carbonyl (C=O) groups excluding carboxylic acids is 1. The van der Waals surface area contributed by atoms with Gasteiger partial charge in [-0.25, -0.2) is 0 Å². The molecule has 2 fully saturated rings. The largest absolute Gasteiger partial charge is 0.457 e. The van der Waals surface area contributed by atoms with Gasteiger partial charge >= 0.3 is 5.97 Å². The third-order valence-corrected chi connectivity index (χ3v) is 15.5. The van der Waals surface area contributed by atoms with Gasteiger partial charge in [-0.05, 0) is 77.0 Å². The molecule has 7 N–H and O–H groups in total. The zero-order valence-corrected chi connectivity index (χ0v) is 51.0. The van der Waals surface area contributed by atoms with Crippen LogP contribution in [0.2, 0.25) is 0 Å². The Morgan fingerprint density at radius 3 is 1.27 bits per heavy atom. The monoisotopic (exact) mass is 1150 g/mol. The van der Waals surface area contributed by atoms with Crippen molar-refractivity contribution in [3.8, 4) is 0 Å². The van der Waals surface area contributed by atoms with Gasteiger partial charge in [0.25, 0.3) is 0 Å². The van der Waals surface area contributed by atoms with Crippen molar-refractivity contribution in [1.29, 1.82) is 0 Å². The fourth-order valence-corrected chi connectivity index (χ4v) is 10.3. The second-order valence-electron chi connectivity index (χ2n) is 22.9. The van der Waals surface area contributed by atoms with Crippen molar-refractivity contribution in [1.82, 2.24) is 0 Å². The molecule has 2 rings (SSSR count). The lowest BCUT2D eigenvalue weighted by Gasteiger charge is -2.42. The van der Waals surface area contributed by atoms with Gasteiger partial charge in [-0.1, -0.05) is 235 Å². The molecule has 2 aliphatic heterocycles. The molecule has 2 heterocycles. The van der Waals surface area contributed by atoms with Crippen LogP contribution < -0.4 is 0 Å². The number of hydrogen-bond donors (Lipinski definition) is 7. The highest BCUT2D eigenvalue weighted by Gasteiger charge is 2.47. The van der Waals surface area contributed by atoms with Crippen molar-refractivity contribution in [2.75, 3.05) is 33.0 Å². The van der Waals surface area contributed by atoms with Crippen molar-refractivity contribution in [3.63, 3.8) is 0 Å². The molecule has 0 spiro atoms. The van der Waals surface area contributed by atoms with Gasteiger partial charge in [0.2, 0.25) is 0 Å². The standard InChI is InChI=1S/C67H120O14/c1-3-5-7-9-11-13-15-17-19-21-23-25-27-28-29-30-32-34-36-38-40-42-44-46-48-50-59(69)79-56(53-76-51-49-47-45-43-41-39-37-35-33-31-26-24-22-20-18-16-14-12-10-8-6-4-2)54-77-66-65(75)63(73)61(71)58(81-66)55-78-67-64(74)62(72)60(70)57(52-68)80-67/h6,8,12,14,18,20-21,23-24,26,56-58,60-68,70-75H,3-5,7,9-11,13,15-17,19,22,25,27-55H2,1-2H3/b8-6-,14-12-,20-18-,23-21-,26-24-. The van der Waals surface area contributed by atoms with E-state index in [1.165, 1.54) is 161 Å². The zero-order chi connectivity index (χ0) is 58.6. The summed E-state index contributed by atoms with van der Waals surface area (Å²) in [6.07, 6.45) is 51.4. The molecular formula is C67H120O14. The molecule has 0 saturated carbocycles. The highest BCUT2D eigenvalue weighted by molar-refractivity contribution is 5.69. The Kier molecular flexibility index (Phi) is 49.1. The van der Waals surface area contributed by atoms with Crippen molar-refractivity contribution in [2.45, 2.75) is 325 Å². The zero-order valence-electron chi connectivity index (χ0n) is 51.0. The number of aliphatic hydroxyl groups is 7. The highest BCUT2D eigenvalue weighted by Crippen LogP contribution is 2.27. The molecule has 11 unspecified atom stereocenters. The average molecular weight is 1150 g/mol. The number of esters is 1. The molecule has 81 heavy (non-hydrogen) atoms. The van der Waals surface area contributed by atoms with Crippen LogP contribution in [0.5, 0.6) is 0 Å². The second kappa shape index (κ2) is 53.2. The Balaban J connectivity index is 1.66. The Morgan fingerprint density at radius 1 is 0.420 bits per heavy atom. The van der Waals surface area contributed by atoms with Gasteiger partial charge in [0.1, 0.15) is 54.9 Å². The summed E-state index contributed by atoms with van der Waals surface area (Å²) in [6, 6.07) is 0. The Hall–Kier alpha value is -2.31. The molecule has 0 aromatic carbocycles. The van der Waals surface area contributed by atoms with E-state index in [1.54, 1.807) is 0 Å². The number of carbonyl (C=O) groups is 1. The van der Waals surface area contributed by atoms with Gasteiger partial charge in [-0.2, -0.15) is 0 Å². The Morgan fingerprint density at radius 2 is 0.802 bits per heavy atom. The van der Waals surface area contributed by atoms with E-state index in [9.17, 15) is 40.5 Å². The van der Waals surface area contributed by atoms with Crippen LogP contribution in [0.3, 0.4) is 0 Å². The number of hydrogen-bond acceptors (Lipinski definition) is 14. The minimum Gasteiger partial charge on any atom is -0.457 e. The first-order valence-electron chi connectivity index (χ1n) is 32.9. The van der Waals surface area contributed by atoms with E-state index in [2.05, 4.69) is 74.6 Å². The summed E-state index contributed by atoms with van der Waals surface area (Å²) in [5.41, 5.74) is 0. The summed E-state index contributed by atoms with van der Waals surface area (Å²) in [6.45, 7) is 3.60. The van der Waals surface area contributed by atoms with E-state index < -0.39 is 80.7 Å². The SMILES string of the molecule is CC/C=C\C/C=C\C/C=C\C/C=C\CCCCCCCCCCCOCC(COC1OC(COC2OC(CO)C(O)C(O)C2O)C(O)C(O)C1O)OC(=O)CCCCCCCCCCCCCCC/C=C\CCCCCCCCCC. The third-order valence-electron chi connectivity index (χ3n) is 15.5. The van der Waals surface area contributed by atoms with E-state index in [1.807, 2.05) is 0 Å². The molecule has 11 atom stereocenters. The summed E-state index contributed by atoms with van der Waals surface area (Å²) in [5.74, 6) is -0.376. The molecule has 2 aliphatic rings. The number of rotatable bonds is 54. The summed E-state index contributed by atoms with van der Waals surface area (Å²) < 4.78 is 34.5. The van der Waals surface area contributed by atoms with Crippen molar-refractivity contribution >= 4 is 5.97 Å². The maximum atomic E-state index is 13.1. The molecule has 0 bridgehead atoms. The highest BCUT2D eigenvalue weighted by atomic mass is 16.7. The summed E-state index contributed by atoms with van der Waals surface area (Å²) in [4.78, 5) is 13.1. The molecule has 0 radical (unpaired) electrons. The van der Waals surface area contributed by atoms with E-state index in [0.717, 1.165) is 70.6 Å². The number of allylic oxidation sites excluding steroid dienone is 10. The van der Waals surface area contributed by atoms with E-state index >= 15 is 0 Å². The summed E-state index contributed by atoms with van der Waals surface area (Å²) >= 11 is 0. The van der Waals surface area contributed by atoms with Gasteiger partial charge in [-0.15, -0.1) is 0 Å². The topological polar surface area (TPSA) is 214 Å². The molecule has 0 aromatic rings. The molecule has 14 nitrogen and oxygen atoms in total. The minimum absolute atomic E-state index is 0.0569. The first-order valence-corrected chi connectivity index (χ1v) is 32.9. The third kappa shape index (κ3) is 39.1. The molecular weight excluding hydrogens is 1030 g/mol. The lowest BCUT2D eigenvalue weighted by Crippen LogP contribution is -2.61. The molecule has 0 aromatic heterocycles. The van der Waals surface area contributed by atoms with Crippen LogP contribution in [-0.2, 0) is 33.2 Å². The van der Waals surface area contributed by atoms with Crippen molar-refractivity contribution in [3.05, 3.63) is 60.8 Å². The van der Waals surface area contributed by atoms with E-state index in [0.29, 0.717) is 13.0 Å². The average Bonchev–Trinajstić information content (AvgIpc) is 3.57. The quantitative estimate of drug-likeness (QED) is 0.0172.